The third kappa shape index (κ3) is 9.73. The lowest BCUT2D eigenvalue weighted by Gasteiger charge is -2.23. The molecule has 1 fully saturated rings. The Morgan fingerprint density at radius 2 is 1.37 bits per heavy atom. The van der Waals surface area contributed by atoms with E-state index in [1.807, 2.05) is 39.5 Å². The standard InChI is InChI=1S/C51H44F2N12O6/c52-47(53)38-12-8-32(25-54-38)30-9-14-43-36(21-30)50(66)60-44-7-3-5-39(58-44)49-63-57-29-65(49)41(6-4-19-70-43)34-23-40-48-62-56-28-64(48)17-1-2-18-69-42-13-10-31(22-37(42)51(67)61-45(24-34)59-40)33-11-15-46(55-26-33)71-35-16-20-68-27-35/h3,5,7-15,21-26,28-29,35,41,47H,1-2,4,6,16-20,27H2,(H,58,60,66)(H,59,61,67). The molecule has 358 valence electrons. The van der Waals surface area contributed by atoms with Crippen LogP contribution in [0.5, 0.6) is 17.4 Å². The molecule has 0 aliphatic carbocycles. The highest BCUT2D eigenvalue weighted by Gasteiger charge is 2.26. The highest BCUT2D eigenvalue weighted by Crippen LogP contribution is 2.35. The Morgan fingerprint density at radius 3 is 2.08 bits per heavy atom. The average molecular weight is 959 g/mol. The first-order valence-electron chi connectivity index (χ1n) is 23.2. The summed E-state index contributed by atoms with van der Waals surface area (Å²) in [5, 5.41) is 23.6. The number of nitrogens with zero attached hydrogens (tertiary/aromatic N) is 10. The zero-order chi connectivity index (χ0) is 48.3. The van der Waals surface area contributed by atoms with E-state index in [0.29, 0.717) is 103 Å². The lowest BCUT2D eigenvalue weighted by molar-refractivity contribution is 0.101. The van der Waals surface area contributed by atoms with Crippen LogP contribution in [0.4, 0.5) is 20.4 Å². The van der Waals surface area contributed by atoms with Gasteiger partial charge in [0, 0.05) is 42.6 Å². The first-order chi connectivity index (χ1) is 34.8. The van der Waals surface area contributed by atoms with Gasteiger partial charge >= 0.3 is 0 Å². The van der Waals surface area contributed by atoms with Crippen molar-refractivity contribution in [3.8, 4) is 62.7 Å². The van der Waals surface area contributed by atoms with E-state index in [4.69, 9.17) is 28.9 Å². The van der Waals surface area contributed by atoms with Gasteiger partial charge in [-0.1, -0.05) is 24.3 Å². The topological polar surface area (TPSA) is 208 Å². The van der Waals surface area contributed by atoms with E-state index in [2.05, 4.69) is 41.0 Å². The van der Waals surface area contributed by atoms with Gasteiger partial charge in [0.2, 0.25) is 5.88 Å². The Kier molecular flexibility index (Phi) is 12.6. The van der Waals surface area contributed by atoms with Crippen LogP contribution in [0.25, 0.3) is 45.3 Å². The van der Waals surface area contributed by atoms with E-state index in [9.17, 15) is 18.4 Å². The molecule has 9 heterocycles. The van der Waals surface area contributed by atoms with Gasteiger partial charge in [0.25, 0.3) is 18.2 Å². The summed E-state index contributed by atoms with van der Waals surface area (Å²) in [4.78, 5) is 46.8. The third-order valence-corrected chi connectivity index (χ3v) is 12.4. The molecule has 2 unspecified atom stereocenters. The molecule has 2 N–H and O–H groups in total. The van der Waals surface area contributed by atoms with Crippen molar-refractivity contribution in [3.05, 3.63) is 138 Å². The molecule has 2 atom stereocenters. The number of pyridine rings is 4. The van der Waals surface area contributed by atoms with E-state index in [1.54, 1.807) is 67.4 Å². The van der Waals surface area contributed by atoms with E-state index in [1.165, 1.54) is 18.3 Å². The fourth-order valence-corrected chi connectivity index (χ4v) is 8.81. The smallest absolute Gasteiger partial charge is 0.280 e. The maximum absolute atomic E-state index is 14.6. The summed E-state index contributed by atoms with van der Waals surface area (Å²) in [6.07, 6.45) is 6.76. The number of hydrogen-bond donors (Lipinski definition) is 2. The van der Waals surface area contributed by atoms with Crippen LogP contribution in [0.1, 0.15) is 76.5 Å². The number of halogens is 2. The fourth-order valence-electron chi connectivity index (χ4n) is 8.81. The van der Waals surface area contributed by atoms with Gasteiger partial charge in [-0.3, -0.25) is 14.6 Å². The number of alkyl halides is 2. The molecule has 20 heteroatoms. The molecule has 3 aliphatic rings. The monoisotopic (exact) mass is 958 g/mol. The zero-order valence-electron chi connectivity index (χ0n) is 38.0. The van der Waals surface area contributed by atoms with Crippen molar-refractivity contribution in [2.75, 3.05) is 37.1 Å². The Morgan fingerprint density at radius 1 is 0.662 bits per heavy atom. The molecule has 3 aliphatic heterocycles. The lowest BCUT2D eigenvalue weighted by Crippen LogP contribution is -2.19. The van der Waals surface area contributed by atoms with Gasteiger partial charge in [-0.2, -0.15) is 0 Å². The van der Waals surface area contributed by atoms with Crippen LogP contribution in [-0.2, 0) is 11.3 Å². The quantitative estimate of drug-likeness (QED) is 0.160. The van der Waals surface area contributed by atoms with E-state index < -0.39 is 24.3 Å². The molecule has 18 nitrogen and oxygen atoms in total. The van der Waals surface area contributed by atoms with Crippen molar-refractivity contribution in [2.24, 2.45) is 0 Å². The molecule has 6 aromatic heterocycles. The summed E-state index contributed by atoms with van der Waals surface area (Å²) in [6.45, 7) is 2.35. The lowest BCUT2D eigenvalue weighted by atomic mass is 10.0. The molecular weight excluding hydrogens is 915 g/mol. The molecule has 71 heavy (non-hydrogen) atoms. The van der Waals surface area contributed by atoms with Gasteiger partial charge in [0.1, 0.15) is 59.0 Å². The Bertz CT molecular complexity index is 3230. The number of benzene rings is 2. The van der Waals surface area contributed by atoms with Crippen LogP contribution in [0, 0.1) is 0 Å². The predicted molar refractivity (Wildman–Crippen MR) is 254 cm³/mol. The maximum Gasteiger partial charge on any atom is 0.280 e. The van der Waals surface area contributed by atoms with Gasteiger partial charge in [0.15, 0.2) is 11.6 Å². The predicted octanol–water partition coefficient (Wildman–Crippen LogP) is 8.66. The van der Waals surface area contributed by atoms with Crippen LogP contribution in [-0.4, -0.2) is 93.8 Å². The molecule has 11 rings (SSSR count). The van der Waals surface area contributed by atoms with Crippen LogP contribution in [0.15, 0.2) is 116 Å². The molecule has 1 saturated heterocycles. The second-order valence-corrected chi connectivity index (χ2v) is 17.1. The number of ether oxygens (including phenoxy) is 4. The highest BCUT2D eigenvalue weighted by atomic mass is 19.3. The van der Waals surface area contributed by atoms with E-state index in [-0.39, 0.29) is 35.6 Å². The van der Waals surface area contributed by atoms with Crippen molar-refractivity contribution in [1.29, 1.82) is 0 Å². The molecule has 2 amide bonds. The number of aromatic nitrogens is 10. The SMILES string of the molecule is O=C1Nc2cc(C3CCCOc4ccc(-c5ccc(C(F)F)nc5)cc4C(=O)Nc4cccc(n4)-c4nncn43)cc(n2)-c2nncn2CCCCOc2ccc(-c3ccc(OC4CCOC4)nc3)cc21. The van der Waals surface area contributed by atoms with Crippen LogP contribution in [0.2, 0.25) is 0 Å². The van der Waals surface area contributed by atoms with Crippen molar-refractivity contribution < 1.29 is 37.3 Å². The summed E-state index contributed by atoms with van der Waals surface area (Å²) < 4.78 is 54.5. The highest BCUT2D eigenvalue weighted by molar-refractivity contribution is 6.07. The van der Waals surface area contributed by atoms with Gasteiger partial charge in [-0.25, -0.2) is 23.7 Å². The number of carbonyl (C=O) groups excluding carboxylic acids is 2. The third-order valence-electron chi connectivity index (χ3n) is 12.4. The summed E-state index contributed by atoms with van der Waals surface area (Å²) in [5.41, 5.74) is 4.48. The zero-order valence-corrected chi connectivity index (χ0v) is 38.0. The number of hydrogen-bond acceptors (Lipinski definition) is 14. The molecule has 0 spiro atoms. The summed E-state index contributed by atoms with van der Waals surface area (Å²) in [7, 11) is 0. The summed E-state index contributed by atoms with van der Waals surface area (Å²) in [5.74, 6) is 1.71. The summed E-state index contributed by atoms with van der Waals surface area (Å²) in [6, 6.07) is 25.5. The number of aryl methyl sites for hydroxylation is 1. The van der Waals surface area contributed by atoms with Crippen LogP contribution in [0.3, 0.4) is 0 Å². The van der Waals surface area contributed by atoms with Crippen molar-refractivity contribution in [2.45, 2.75) is 57.2 Å². The van der Waals surface area contributed by atoms with Gasteiger partial charge in [-0.15, -0.1) is 20.4 Å². The van der Waals surface area contributed by atoms with E-state index in [0.717, 1.165) is 29.5 Å². The number of anilines is 2. The number of rotatable bonds is 6. The minimum absolute atomic E-state index is 0.0409. The number of nitrogens with one attached hydrogen (secondary N) is 2. The van der Waals surface area contributed by atoms with E-state index >= 15 is 0 Å². The van der Waals surface area contributed by atoms with Gasteiger partial charge in [0.05, 0.1) is 43.6 Å². The van der Waals surface area contributed by atoms with Gasteiger partial charge < -0.3 is 38.7 Å². The Labute approximate surface area is 404 Å². The largest absolute Gasteiger partial charge is 0.493 e. The van der Waals surface area contributed by atoms with Crippen LogP contribution >= 0.6 is 0 Å². The number of carbonyl (C=O) groups is 2. The van der Waals surface area contributed by atoms with Crippen LogP contribution < -0.4 is 24.8 Å². The molecule has 2 aromatic carbocycles. The fraction of sp³-hybridized carbons (Fsp3) is 0.255. The Balaban J connectivity index is 0.947. The Hall–Kier alpha value is -8.52. The van der Waals surface area contributed by atoms with Gasteiger partial charge in [-0.05, 0) is 103 Å². The van der Waals surface area contributed by atoms with Crippen molar-refractivity contribution in [3.63, 3.8) is 0 Å². The maximum atomic E-state index is 14.6. The molecular formula is C51H44F2N12O6. The molecule has 8 aromatic rings. The number of fused-ring (bicyclic) bond motifs is 10. The first kappa shape index (κ1) is 45.0. The molecule has 0 saturated carbocycles. The second-order valence-electron chi connectivity index (χ2n) is 17.1. The molecule has 0 radical (unpaired) electrons. The van der Waals surface area contributed by atoms with Crippen molar-refractivity contribution >= 4 is 23.5 Å². The first-order valence-corrected chi connectivity index (χ1v) is 23.2. The van der Waals surface area contributed by atoms with Crippen molar-refractivity contribution in [1.82, 2.24) is 49.5 Å². The molecule has 4 bridgehead atoms. The minimum Gasteiger partial charge on any atom is -0.493 e. The normalized spacial score (nSPS) is 17.2. The minimum atomic E-state index is -2.71. The number of amides is 2. The second kappa shape index (κ2) is 19.8. The summed E-state index contributed by atoms with van der Waals surface area (Å²) >= 11 is 0. The average Bonchev–Trinajstić information content (AvgIpc) is 4.20.